The molecule has 0 saturated heterocycles. The first-order valence-electron chi connectivity index (χ1n) is 6.15. The van der Waals surface area contributed by atoms with E-state index in [1.165, 1.54) is 12.1 Å². The van der Waals surface area contributed by atoms with Gasteiger partial charge in [0.05, 0.1) is 15.7 Å². The van der Waals surface area contributed by atoms with Crippen molar-refractivity contribution in [3.8, 4) is 5.75 Å². The summed E-state index contributed by atoms with van der Waals surface area (Å²) in [7, 11) is 0. The van der Waals surface area contributed by atoms with Crippen LogP contribution in [0.15, 0.2) is 59.1 Å². The van der Waals surface area contributed by atoms with Crippen LogP contribution in [-0.2, 0) is 6.61 Å². The van der Waals surface area contributed by atoms with Crippen molar-refractivity contribution in [2.45, 2.75) is 6.61 Å². The molecule has 3 aromatic rings. The molecule has 0 atom stereocenters. The van der Waals surface area contributed by atoms with Crippen molar-refractivity contribution in [2.24, 2.45) is 0 Å². The van der Waals surface area contributed by atoms with E-state index in [4.69, 9.17) is 4.74 Å². The lowest BCUT2D eigenvalue weighted by Crippen LogP contribution is -1.99. The maximum Gasteiger partial charge on any atom is 0.136 e. The molecular weight excluding hydrogens is 321 g/mol. The molecule has 0 aliphatic heterocycles. The van der Waals surface area contributed by atoms with Crippen LogP contribution in [-0.4, -0.2) is 4.98 Å². The Balaban J connectivity index is 1.81. The maximum absolute atomic E-state index is 13.2. The Kier molecular flexibility index (Phi) is 3.65. The van der Waals surface area contributed by atoms with Crippen LogP contribution >= 0.6 is 15.9 Å². The molecule has 4 heteroatoms. The van der Waals surface area contributed by atoms with Crippen molar-refractivity contribution in [2.75, 3.05) is 0 Å². The van der Waals surface area contributed by atoms with Crippen molar-refractivity contribution >= 4 is 26.8 Å². The van der Waals surface area contributed by atoms with Crippen LogP contribution in [0.4, 0.5) is 4.39 Å². The molecule has 100 valence electrons. The molecule has 2 aromatic carbocycles. The fraction of sp³-hybridized carbons (Fsp3) is 0.0625. The van der Waals surface area contributed by atoms with Crippen molar-refractivity contribution in [3.05, 3.63) is 70.6 Å². The monoisotopic (exact) mass is 331 g/mol. The van der Waals surface area contributed by atoms with Gasteiger partial charge in [-0.25, -0.2) is 9.37 Å². The average Bonchev–Trinajstić information content (AvgIpc) is 2.48. The van der Waals surface area contributed by atoms with E-state index in [0.29, 0.717) is 12.4 Å². The fourth-order valence-electron chi connectivity index (χ4n) is 1.93. The molecule has 0 bridgehead atoms. The minimum atomic E-state index is -0.324. The van der Waals surface area contributed by atoms with Crippen molar-refractivity contribution in [1.29, 1.82) is 0 Å². The van der Waals surface area contributed by atoms with Crippen LogP contribution in [0.2, 0.25) is 0 Å². The van der Waals surface area contributed by atoms with Gasteiger partial charge in [0.2, 0.25) is 0 Å². The average molecular weight is 332 g/mol. The number of halogens is 2. The number of pyridine rings is 1. The molecule has 0 saturated carbocycles. The van der Waals surface area contributed by atoms with E-state index < -0.39 is 0 Å². The highest BCUT2D eigenvalue weighted by molar-refractivity contribution is 9.10. The number of nitrogens with zero attached hydrogens (tertiary/aromatic N) is 1. The SMILES string of the molecule is Fc1ccc(Br)c(OCc2ccc3ccccc3n2)c1. The van der Waals surface area contributed by atoms with Crippen LogP contribution in [0.3, 0.4) is 0 Å². The summed E-state index contributed by atoms with van der Waals surface area (Å²) in [5, 5.41) is 1.09. The summed E-state index contributed by atoms with van der Waals surface area (Å²) in [5.74, 6) is 0.148. The predicted molar refractivity (Wildman–Crippen MR) is 80.2 cm³/mol. The lowest BCUT2D eigenvalue weighted by Gasteiger charge is -2.08. The third kappa shape index (κ3) is 2.80. The van der Waals surface area contributed by atoms with Crippen LogP contribution in [0.25, 0.3) is 10.9 Å². The van der Waals surface area contributed by atoms with Crippen LogP contribution < -0.4 is 4.74 Å². The highest BCUT2D eigenvalue weighted by Gasteiger charge is 2.04. The summed E-state index contributed by atoms with van der Waals surface area (Å²) in [6, 6.07) is 16.2. The van der Waals surface area contributed by atoms with Crippen LogP contribution in [0.5, 0.6) is 5.75 Å². The second kappa shape index (κ2) is 5.59. The van der Waals surface area contributed by atoms with Gasteiger partial charge in [0.1, 0.15) is 18.2 Å². The van der Waals surface area contributed by atoms with Gasteiger partial charge in [-0.1, -0.05) is 24.3 Å². The number of hydrogen-bond donors (Lipinski definition) is 0. The molecule has 0 aliphatic carbocycles. The zero-order valence-electron chi connectivity index (χ0n) is 10.5. The van der Waals surface area contributed by atoms with Gasteiger partial charge in [-0.15, -0.1) is 0 Å². The predicted octanol–water partition coefficient (Wildman–Crippen LogP) is 4.72. The van der Waals surface area contributed by atoms with Gasteiger partial charge in [-0.2, -0.15) is 0 Å². The quantitative estimate of drug-likeness (QED) is 0.693. The minimum absolute atomic E-state index is 0.298. The van der Waals surface area contributed by atoms with Crippen molar-refractivity contribution in [3.63, 3.8) is 0 Å². The molecule has 0 radical (unpaired) electrons. The number of rotatable bonds is 3. The Labute approximate surface area is 124 Å². The van der Waals surface area contributed by atoms with E-state index in [9.17, 15) is 4.39 Å². The Morgan fingerprint density at radius 1 is 1.05 bits per heavy atom. The standard InChI is InChI=1S/C16H11BrFNO/c17-14-8-6-12(18)9-16(14)20-10-13-7-5-11-3-1-2-4-15(11)19-13/h1-9H,10H2. The number of aromatic nitrogens is 1. The summed E-state index contributed by atoms with van der Waals surface area (Å²) in [6.07, 6.45) is 0. The molecule has 3 rings (SSSR count). The van der Waals surface area contributed by atoms with Gasteiger partial charge < -0.3 is 4.74 Å². The number of hydrogen-bond acceptors (Lipinski definition) is 2. The van der Waals surface area contributed by atoms with Crippen LogP contribution in [0.1, 0.15) is 5.69 Å². The smallest absolute Gasteiger partial charge is 0.136 e. The first-order chi connectivity index (χ1) is 9.72. The zero-order chi connectivity index (χ0) is 13.9. The van der Waals surface area contributed by atoms with Gasteiger partial charge in [0, 0.05) is 11.5 Å². The molecule has 0 unspecified atom stereocenters. The molecule has 0 fully saturated rings. The third-order valence-electron chi connectivity index (χ3n) is 2.92. The Morgan fingerprint density at radius 3 is 2.80 bits per heavy atom. The minimum Gasteiger partial charge on any atom is -0.486 e. The molecule has 20 heavy (non-hydrogen) atoms. The normalized spacial score (nSPS) is 10.7. The Morgan fingerprint density at radius 2 is 1.90 bits per heavy atom. The summed E-state index contributed by atoms with van der Waals surface area (Å²) in [6.45, 7) is 0.298. The number of benzene rings is 2. The van der Waals surface area contributed by atoms with Gasteiger partial charge in [0.25, 0.3) is 0 Å². The van der Waals surface area contributed by atoms with Gasteiger partial charge in [-0.05, 0) is 40.2 Å². The number of ether oxygens (including phenoxy) is 1. The van der Waals surface area contributed by atoms with Crippen molar-refractivity contribution < 1.29 is 9.13 Å². The van der Waals surface area contributed by atoms with E-state index in [2.05, 4.69) is 20.9 Å². The highest BCUT2D eigenvalue weighted by atomic mass is 79.9. The first-order valence-corrected chi connectivity index (χ1v) is 6.94. The van der Waals surface area contributed by atoms with E-state index in [-0.39, 0.29) is 5.82 Å². The molecule has 0 spiro atoms. The zero-order valence-corrected chi connectivity index (χ0v) is 12.1. The van der Waals surface area contributed by atoms with Crippen LogP contribution in [0, 0.1) is 5.82 Å². The number of para-hydroxylation sites is 1. The lowest BCUT2D eigenvalue weighted by atomic mass is 10.2. The molecule has 2 nitrogen and oxygen atoms in total. The van der Waals surface area contributed by atoms with E-state index in [1.54, 1.807) is 6.07 Å². The highest BCUT2D eigenvalue weighted by Crippen LogP contribution is 2.26. The van der Waals surface area contributed by atoms with E-state index >= 15 is 0 Å². The molecule has 1 heterocycles. The Bertz CT molecular complexity index is 760. The second-order valence-corrected chi connectivity index (χ2v) is 5.21. The Hall–Kier alpha value is -1.94. The molecule has 1 aromatic heterocycles. The third-order valence-corrected chi connectivity index (χ3v) is 3.58. The number of fused-ring (bicyclic) bond motifs is 1. The summed E-state index contributed by atoms with van der Waals surface area (Å²) < 4.78 is 19.5. The lowest BCUT2D eigenvalue weighted by molar-refractivity contribution is 0.298. The van der Waals surface area contributed by atoms with E-state index in [0.717, 1.165) is 21.1 Å². The largest absolute Gasteiger partial charge is 0.486 e. The molecule has 0 amide bonds. The van der Waals surface area contributed by atoms with Crippen molar-refractivity contribution in [1.82, 2.24) is 4.98 Å². The first kappa shape index (κ1) is 13.1. The van der Waals surface area contributed by atoms with Gasteiger partial charge in [-0.3, -0.25) is 0 Å². The summed E-state index contributed by atoms with van der Waals surface area (Å²) in [5.41, 5.74) is 1.73. The van der Waals surface area contributed by atoms with Gasteiger partial charge in [0.15, 0.2) is 0 Å². The molecule has 0 aliphatic rings. The fourth-order valence-corrected chi connectivity index (χ4v) is 2.29. The molecular formula is C16H11BrFNO. The summed E-state index contributed by atoms with van der Waals surface area (Å²) in [4.78, 5) is 4.51. The summed E-state index contributed by atoms with van der Waals surface area (Å²) >= 11 is 3.33. The second-order valence-electron chi connectivity index (χ2n) is 4.36. The maximum atomic E-state index is 13.2. The topological polar surface area (TPSA) is 22.1 Å². The molecule has 0 N–H and O–H groups in total. The van der Waals surface area contributed by atoms with Gasteiger partial charge >= 0.3 is 0 Å². The van der Waals surface area contributed by atoms with E-state index in [1.807, 2.05) is 36.4 Å².